The van der Waals surface area contributed by atoms with Gasteiger partial charge in [0.1, 0.15) is 15.4 Å². The van der Waals surface area contributed by atoms with Gasteiger partial charge in [-0.1, -0.05) is 0 Å². The fourth-order valence-electron chi connectivity index (χ4n) is 3.24. The molecule has 0 spiro atoms. The smallest absolute Gasteiger partial charge is 0.333 e. The number of rotatable bonds is 6. The normalized spacial score (nSPS) is 11.6. The number of amides is 2. The average Bonchev–Trinajstić information content (AvgIpc) is 3.46. The van der Waals surface area contributed by atoms with Crippen LogP contribution in [0.2, 0.25) is 0 Å². The lowest BCUT2D eigenvalue weighted by atomic mass is 10.0. The first-order chi connectivity index (χ1) is 15.6. The number of alkyl halides is 4. The molecule has 4 aromatic heterocycles. The van der Waals surface area contributed by atoms with Crippen molar-refractivity contribution in [1.82, 2.24) is 24.5 Å². The molecule has 0 unspecified atom stereocenters. The quantitative estimate of drug-likeness (QED) is 0.405. The number of hydrogen-bond acceptors (Lipinski definition) is 6. The summed E-state index contributed by atoms with van der Waals surface area (Å²) in [4.78, 5) is 28.7. The van der Waals surface area contributed by atoms with Crippen LogP contribution in [0.5, 0.6) is 0 Å². The predicted octanol–water partition coefficient (Wildman–Crippen LogP) is 3.89. The van der Waals surface area contributed by atoms with Gasteiger partial charge in [-0.2, -0.15) is 19.0 Å². The Labute approximate surface area is 186 Å². The Bertz CT molecular complexity index is 1390. The van der Waals surface area contributed by atoms with Crippen LogP contribution in [0.15, 0.2) is 24.5 Å². The van der Waals surface area contributed by atoms with E-state index in [1.807, 2.05) is 0 Å². The number of hydrogen-bond donors (Lipinski definition) is 2. The lowest BCUT2D eigenvalue weighted by Crippen LogP contribution is -2.17. The van der Waals surface area contributed by atoms with Gasteiger partial charge in [0.25, 0.3) is 18.2 Å². The molecule has 4 rings (SSSR count). The van der Waals surface area contributed by atoms with Crippen LogP contribution in [0, 0.1) is 6.92 Å². The van der Waals surface area contributed by atoms with Gasteiger partial charge in [-0.3, -0.25) is 14.3 Å². The SMILES string of the molecule is Cc1c(-c2cc(C(F)F)nc3sc(C(N)=O)c(NC(=O)c4ccn(C(F)F)n4)c23)cnn1C. The van der Waals surface area contributed by atoms with E-state index in [4.69, 9.17) is 5.73 Å². The molecule has 0 radical (unpaired) electrons. The maximum absolute atomic E-state index is 13.5. The molecule has 0 atom stereocenters. The van der Waals surface area contributed by atoms with E-state index in [2.05, 4.69) is 20.5 Å². The zero-order chi connectivity index (χ0) is 24.0. The van der Waals surface area contributed by atoms with Gasteiger partial charge in [0.05, 0.1) is 11.9 Å². The highest BCUT2D eigenvalue weighted by Gasteiger charge is 2.27. The van der Waals surface area contributed by atoms with E-state index in [1.165, 1.54) is 10.9 Å². The van der Waals surface area contributed by atoms with Crippen LogP contribution < -0.4 is 11.1 Å². The van der Waals surface area contributed by atoms with Crippen molar-refractivity contribution < 1.29 is 27.2 Å². The fourth-order valence-corrected chi connectivity index (χ4v) is 4.26. The summed E-state index contributed by atoms with van der Waals surface area (Å²) in [5.41, 5.74) is 5.85. The van der Waals surface area contributed by atoms with Crippen molar-refractivity contribution in [2.45, 2.75) is 19.9 Å². The van der Waals surface area contributed by atoms with E-state index < -0.39 is 30.5 Å². The second kappa shape index (κ2) is 8.27. The summed E-state index contributed by atoms with van der Waals surface area (Å²) in [6, 6.07) is 2.22. The number of primary amides is 1. The number of anilines is 1. The van der Waals surface area contributed by atoms with Crippen LogP contribution in [0.25, 0.3) is 21.3 Å². The monoisotopic (exact) mass is 481 g/mol. The summed E-state index contributed by atoms with van der Waals surface area (Å²) in [5.74, 6) is -1.83. The molecular formula is C19H15F4N7O2S. The number of nitrogens with two attached hydrogens (primary N) is 1. The third-order valence-electron chi connectivity index (χ3n) is 4.93. The highest BCUT2D eigenvalue weighted by molar-refractivity contribution is 7.21. The van der Waals surface area contributed by atoms with Crippen molar-refractivity contribution in [3.63, 3.8) is 0 Å². The van der Waals surface area contributed by atoms with E-state index in [0.29, 0.717) is 11.3 Å². The molecule has 4 aromatic rings. The van der Waals surface area contributed by atoms with E-state index in [9.17, 15) is 27.2 Å². The molecule has 0 aromatic carbocycles. The van der Waals surface area contributed by atoms with E-state index >= 15 is 0 Å². The van der Waals surface area contributed by atoms with Crippen LogP contribution >= 0.6 is 11.3 Å². The minimum Gasteiger partial charge on any atom is -0.365 e. The van der Waals surface area contributed by atoms with Gasteiger partial charge in [-0.25, -0.2) is 18.4 Å². The number of carbonyl (C=O) groups excluding carboxylic acids is 2. The number of fused-ring (bicyclic) bond motifs is 1. The van der Waals surface area contributed by atoms with Gasteiger partial charge in [0.15, 0.2) is 5.69 Å². The summed E-state index contributed by atoms with van der Waals surface area (Å²) in [6.07, 6.45) is -0.529. The fraction of sp³-hybridized carbons (Fsp3) is 0.211. The second-order valence-corrected chi connectivity index (χ2v) is 7.93. The van der Waals surface area contributed by atoms with Crippen molar-refractivity contribution >= 4 is 39.1 Å². The summed E-state index contributed by atoms with van der Waals surface area (Å²) >= 11 is 0.726. The first-order valence-electron chi connectivity index (χ1n) is 9.27. The van der Waals surface area contributed by atoms with Gasteiger partial charge < -0.3 is 11.1 Å². The van der Waals surface area contributed by atoms with Gasteiger partial charge in [0, 0.05) is 29.9 Å². The molecule has 0 aliphatic rings. The van der Waals surface area contributed by atoms with Crippen molar-refractivity contribution in [3.8, 4) is 11.1 Å². The lowest BCUT2D eigenvalue weighted by Gasteiger charge is -2.10. The maximum Gasteiger partial charge on any atom is 0.333 e. The minimum atomic E-state index is -2.95. The summed E-state index contributed by atoms with van der Waals surface area (Å²) in [5, 5.41) is 10.3. The molecule has 0 bridgehead atoms. The number of thiophene rings is 1. The number of aromatic nitrogens is 5. The van der Waals surface area contributed by atoms with Gasteiger partial charge in [0.2, 0.25) is 0 Å². The standard InChI is InChI=1S/C19H15F4N7O2S/c1-7-9(6-25-29(7)2)8-5-11(15(20)21)26-18-12(8)13(14(33-18)16(24)31)27-17(32)10-3-4-30(28-10)19(22)23/h3-6,15,19H,1-2H3,(H2,24,31)(H,27,32). The Morgan fingerprint density at radius 3 is 2.48 bits per heavy atom. The zero-order valence-corrected chi connectivity index (χ0v) is 17.8. The Morgan fingerprint density at radius 2 is 1.94 bits per heavy atom. The first kappa shape index (κ1) is 22.4. The highest BCUT2D eigenvalue weighted by Crippen LogP contribution is 2.43. The van der Waals surface area contributed by atoms with Gasteiger partial charge >= 0.3 is 6.55 Å². The van der Waals surface area contributed by atoms with Gasteiger partial charge in [-0.15, -0.1) is 11.3 Å². The molecular weight excluding hydrogens is 466 g/mol. The van der Waals surface area contributed by atoms with Crippen LogP contribution in [-0.4, -0.2) is 36.4 Å². The number of pyridine rings is 1. The number of carbonyl (C=O) groups is 2. The van der Waals surface area contributed by atoms with E-state index in [-0.39, 0.29) is 36.7 Å². The van der Waals surface area contributed by atoms with Crippen molar-refractivity contribution in [2.75, 3.05) is 5.32 Å². The van der Waals surface area contributed by atoms with Crippen molar-refractivity contribution in [2.24, 2.45) is 12.8 Å². The number of halogens is 4. The Morgan fingerprint density at radius 1 is 1.21 bits per heavy atom. The third-order valence-corrected chi connectivity index (χ3v) is 6.03. The molecule has 172 valence electrons. The minimum absolute atomic E-state index is 0.0354. The molecule has 14 heteroatoms. The van der Waals surface area contributed by atoms with Crippen LogP contribution in [0.4, 0.5) is 23.2 Å². The van der Waals surface area contributed by atoms with Crippen molar-refractivity contribution in [1.29, 1.82) is 0 Å². The van der Waals surface area contributed by atoms with E-state index in [0.717, 1.165) is 29.7 Å². The van der Waals surface area contributed by atoms with Crippen LogP contribution in [-0.2, 0) is 7.05 Å². The molecule has 0 aliphatic carbocycles. The summed E-state index contributed by atoms with van der Waals surface area (Å²) < 4.78 is 54.5. The Balaban J connectivity index is 1.94. The summed E-state index contributed by atoms with van der Waals surface area (Å²) in [6.45, 7) is -1.24. The molecule has 4 heterocycles. The maximum atomic E-state index is 13.5. The molecule has 0 saturated carbocycles. The lowest BCUT2D eigenvalue weighted by molar-refractivity contribution is 0.0561. The Kier molecular flexibility index (Phi) is 5.61. The highest BCUT2D eigenvalue weighted by atomic mass is 32.1. The number of aryl methyl sites for hydroxylation is 1. The number of nitrogens with zero attached hydrogens (tertiary/aromatic N) is 5. The first-order valence-corrected chi connectivity index (χ1v) is 10.1. The van der Waals surface area contributed by atoms with Crippen LogP contribution in [0.3, 0.4) is 0 Å². The van der Waals surface area contributed by atoms with E-state index in [1.54, 1.807) is 14.0 Å². The van der Waals surface area contributed by atoms with Crippen LogP contribution in [0.1, 0.15) is 44.5 Å². The predicted molar refractivity (Wildman–Crippen MR) is 111 cm³/mol. The summed E-state index contributed by atoms with van der Waals surface area (Å²) in [7, 11) is 1.66. The zero-order valence-electron chi connectivity index (χ0n) is 17.0. The topological polar surface area (TPSA) is 121 Å². The molecule has 3 N–H and O–H groups in total. The number of nitrogens with one attached hydrogen (secondary N) is 1. The molecule has 0 fully saturated rings. The molecule has 2 amide bonds. The van der Waals surface area contributed by atoms with Crippen molar-refractivity contribution in [3.05, 3.63) is 46.5 Å². The second-order valence-electron chi connectivity index (χ2n) is 6.93. The largest absolute Gasteiger partial charge is 0.365 e. The molecule has 9 nitrogen and oxygen atoms in total. The molecule has 0 saturated heterocycles. The molecule has 0 aliphatic heterocycles. The Hall–Kier alpha value is -3.81. The van der Waals surface area contributed by atoms with Gasteiger partial charge in [-0.05, 0) is 24.6 Å². The average molecular weight is 481 g/mol. The molecule has 33 heavy (non-hydrogen) atoms. The third kappa shape index (κ3) is 3.92.